The lowest BCUT2D eigenvalue weighted by Gasteiger charge is -2.18. The van der Waals surface area contributed by atoms with E-state index < -0.39 is 0 Å². The van der Waals surface area contributed by atoms with Gasteiger partial charge in [0.25, 0.3) is 0 Å². The van der Waals surface area contributed by atoms with Crippen LogP contribution in [0.1, 0.15) is 46.5 Å². The summed E-state index contributed by atoms with van der Waals surface area (Å²) in [6.07, 6.45) is 4.87. The maximum Gasteiger partial charge on any atom is 0.138 e. The highest BCUT2D eigenvalue weighted by Crippen LogP contribution is 2.35. The molecule has 1 fully saturated rings. The van der Waals surface area contributed by atoms with Crippen LogP contribution in [0.2, 0.25) is 0 Å². The topological polar surface area (TPSA) is 17.1 Å². The van der Waals surface area contributed by atoms with E-state index in [-0.39, 0.29) is 5.92 Å². The highest BCUT2D eigenvalue weighted by atomic mass is 16.1. The van der Waals surface area contributed by atoms with Crippen LogP contribution in [0.3, 0.4) is 0 Å². The van der Waals surface area contributed by atoms with E-state index in [2.05, 4.69) is 6.92 Å². The molecule has 1 heteroatoms. The van der Waals surface area contributed by atoms with E-state index in [1.807, 2.05) is 13.8 Å². The summed E-state index contributed by atoms with van der Waals surface area (Å²) >= 11 is 0. The molecule has 1 saturated carbocycles. The van der Waals surface area contributed by atoms with Crippen LogP contribution in [0, 0.1) is 17.8 Å². The molecular formula is C11H20O. The molecule has 2 atom stereocenters. The molecule has 1 aliphatic rings. The molecule has 0 unspecified atom stereocenters. The average molecular weight is 168 g/mol. The van der Waals surface area contributed by atoms with Crippen molar-refractivity contribution in [1.82, 2.24) is 0 Å². The van der Waals surface area contributed by atoms with Gasteiger partial charge in [-0.3, -0.25) is 4.79 Å². The lowest BCUT2D eigenvalue weighted by molar-refractivity contribution is -0.126. The van der Waals surface area contributed by atoms with Crippen LogP contribution >= 0.6 is 0 Å². The number of ketones is 1. The second kappa shape index (κ2) is 4.06. The zero-order chi connectivity index (χ0) is 9.14. The highest BCUT2D eigenvalue weighted by molar-refractivity contribution is 5.83. The van der Waals surface area contributed by atoms with Crippen molar-refractivity contribution in [3.8, 4) is 0 Å². The van der Waals surface area contributed by atoms with Gasteiger partial charge in [-0.15, -0.1) is 0 Å². The fraction of sp³-hybridized carbons (Fsp3) is 0.909. The molecule has 0 saturated heterocycles. The Bertz CT molecular complexity index is 160. The summed E-state index contributed by atoms with van der Waals surface area (Å²) in [6.45, 7) is 6.25. The Morgan fingerprint density at radius 2 is 2.08 bits per heavy atom. The van der Waals surface area contributed by atoms with Crippen molar-refractivity contribution >= 4 is 5.78 Å². The molecular weight excluding hydrogens is 148 g/mol. The fourth-order valence-electron chi connectivity index (χ4n) is 2.33. The number of Topliss-reactive ketones (excluding diaryl/α,β-unsaturated/α-hetero) is 1. The minimum absolute atomic E-state index is 0.238. The summed E-state index contributed by atoms with van der Waals surface area (Å²) in [5.74, 6) is 1.83. The first-order chi connectivity index (χ1) is 5.66. The minimum atomic E-state index is 0.238. The van der Waals surface area contributed by atoms with E-state index in [1.165, 1.54) is 19.3 Å². The van der Waals surface area contributed by atoms with Gasteiger partial charge < -0.3 is 0 Å². The van der Waals surface area contributed by atoms with E-state index in [0.717, 1.165) is 6.42 Å². The lowest BCUT2D eigenvalue weighted by atomic mass is 9.85. The van der Waals surface area contributed by atoms with Crippen LogP contribution in [-0.2, 0) is 4.79 Å². The molecule has 0 N–H and O–H groups in total. The molecule has 70 valence electrons. The van der Waals surface area contributed by atoms with Gasteiger partial charge in [0.05, 0.1) is 0 Å². The van der Waals surface area contributed by atoms with E-state index in [4.69, 9.17) is 0 Å². The van der Waals surface area contributed by atoms with Crippen LogP contribution in [0.15, 0.2) is 0 Å². The van der Waals surface area contributed by atoms with E-state index in [0.29, 0.717) is 17.6 Å². The molecule has 0 spiro atoms. The van der Waals surface area contributed by atoms with Crippen molar-refractivity contribution in [3.63, 3.8) is 0 Å². The Labute approximate surface area is 75.5 Å². The zero-order valence-corrected chi connectivity index (χ0v) is 8.47. The van der Waals surface area contributed by atoms with Gasteiger partial charge in [-0.2, -0.15) is 0 Å². The standard InChI is InChI=1S/C11H20O/c1-4-9-6-5-7-10(9)11(12)8(2)3/h8-10H,4-7H2,1-3H3/t9-,10-/m1/s1. The van der Waals surface area contributed by atoms with Crippen molar-refractivity contribution in [3.05, 3.63) is 0 Å². The molecule has 0 bridgehead atoms. The second-order valence-electron chi connectivity index (χ2n) is 4.26. The molecule has 0 aliphatic heterocycles. The number of hydrogen-bond donors (Lipinski definition) is 0. The summed E-state index contributed by atoms with van der Waals surface area (Å²) in [6, 6.07) is 0. The van der Waals surface area contributed by atoms with Crippen LogP contribution < -0.4 is 0 Å². The largest absolute Gasteiger partial charge is 0.299 e. The normalized spacial score (nSPS) is 29.7. The van der Waals surface area contributed by atoms with Crippen molar-refractivity contribution in [2.45, 2.75) is 46.5 Å². The Morgan fingerprint density at radius 1 is 1.42 bits per heavy atom. The first-order valence-electron chi connectivity index (χ1n) is 5.20. The van der Waals surface area contributed by atoms with Crippen LogP contribution in [0.5, 0.6) is 0 Å². The third-order valence-electron chi connectivity index (χ3n) is 3.12. The molecule has 0 amide bonds. The van der Waals surface area contributed by atoms with E-state index >= 15 is 0 Å². The number of rotatable bonds is 3. The molecule has 0 radical (unpaired) electrons. The maximum absolute atomic E-state index is 11.7. The number of carbonyl (C=O) groups is 1. The Balaban J connectivity index is 2.55. The molecule has 1 aliphatic carbocycles. The zero-order valence-electron chi connectivity index (χ0n) is 8.47. The fourth-order valence-corrected chi connectivity index (χ4v) is 2.33. The SMILES string of the molecule is CC[C@@H]1CCC[C@H]1C(=O)C(C)C. The smallest absolute Gasteiger partial charge is 0.138 e. The summed E-state index contributed by atoms with van der Waals surface area (Å²) in [7, 11) is 0. The van der Waals surface area contributed by atoms with Gasteiger partial charge in [-0.1, -0.05) is 33.6 Å². The third kappa shape index (κ3) is 1.88. The summed E-state index contributed by atoms with van der Waals surface area (Å²) in [5, 5.41) is 0. The molecule has 0 aromatic carbocycles. The van der Waals surface area contributed by atoms with Gasteiger partial charge in [0.15, 0.2) is 0 Å². The van der Waals surface area contributed by atoms with Crippen molar-refractivity contribution < 1.29 is 4.79 Å². The summed E-state index contributed by atoms with van der Waals surface area (Å²) < 4.78 is 0. The first kappa shape index (κ1) is 9.76. The molecule has 1 nitrogen and oxygen atoms in total. The minimum Gasteiger partial charge on any atom is -0.299 e. The molecule has 0 aromatic rings. The maximum atomic E-state index is 11.7. The van der Waals surface area contributed by atoms with E-state index in [9.17, 15) is 4.79 Å². The van der Waals surface area contributed by atoms with Gasteiger partial charge in [0.2, 0.25) is 0 Å². The van der Waals surface area contributed by atoms with Crippen molar-refractivity contribution in [2.75, 3.05) is 0 Å². The average Bonchev–Trinajstić information content (AvgIpc) is 2.49. The van der Waals surface area contributed by atoms with Crippen LogP contribution in [-0.4, -0.2) is 5.78 Å². The van der Waals surface area contributed by atoms with Gasteiger partial charge in [-0.25, -0.2) is 0 Å². The number of carbonyl (C=O) groups excluding carboxylic acids is 1. The molecule has 1 rings (SSSR count). The highest BCUT2D eigenvalue weighted by Gasteiger charge is 2.32. The van der Waals surface area contributed by atoms with Gasteiger partial charge in [-0.05, 0) is 18.8 Å². The van der Waals surface area contributed by atoms with Crippen LogP contribution in [0.4, 0.5) is 0 Å². The second-order valence-corrected chi connectivity index (χ2v) is 4.26. The summed E-state index contributed by atoms with van der Waals surface area (Å²) in [5.41, 5.74) is 0. The van der Waals surface area contributed by atoms with E-state index in [1.54, 1.807) is 0 Å². The number of hydrogen-bond acceptors (Lipinski definition) is 1. The van der Waals surface area contributed by atoms with Crippen molar-refractivity contribution in [1.29, 1.82) is 0 Å². The Kier molecular flexibility index (Phi) is 3.30. The molecule has 12 heavy (non-hydrogen) atoms. The first-order valence-corrected chi connectivity index (χ1v) is 5.20. The van der Waals surface area contributed by atoms with Gasteiger partial charge >= 0.3 is 0 Å². The monoisotopic (exact) mass is 168 g/mol. The van der Waals surface area contributed by atoms with Gasteiger partial charge in [0.1, 0.15) is 5.78 Å². The van der Waals surface area contributed by atoms with Crippen LogP contribution in [0.25, 0.3) is 0 Å². The molecule has 0 heterocycles. The predicted octanol–water partition coefficient (Wildman–Crippen LogP) is 3.04. The van der Waals surface area contributed by atoms with Crippen molar-refractivity contribution in [2.24, 2.45) is 17.8 Å². The quantitative estimate of drug-likeness (QED) is 0.633. The Morgan fingerprint density at radius 3 is 2.58 bits per heavy atom. The lowest BCUT2D eigenvalue weighted by Crippen LogP contribution is -2.22. The predicted molar refractivity (Wildman–Crippen MR) is 51.0 cm³/mol. The summed E-state index contributed by atoms with van der Waals surface area (Å²) in [4.78, 5) is 11.7. The third-order valence-corrected chi connectivity index (χ3v) is 3.12. The Hall–Kier alpha value is -0.330. The van der Waals surface area contributed by atoms with Gasteiger partial charge in [0, 0.05) is 11.8 Å². The molecule has 0 aromatic heterocycles.